The second-order valence-corrected chi connectivity index (χ2v) is 4.67. The van der Waals surface area contributed by atoms with Crippen LogP contribution in [0.3, 0.4) is 0 Å². The molecule has 2 aromatic rings. The number of alkyl halides is 1. The highest BCUT2D eigenvalue weighted by atomic mass is 35.5. The number of aromatic nitrogens is 1. The molecule has 0 saturated heterocycles. The van der Waals surface area contributed by atoms with Gasteiger partial charge in [-0.3, -0.25) is 9.36 Å². The van der Waals surface area contributed by atoms with E-state index in [0.717, 1.165) is 22.2 Å². The van der Waals surface area contributed by atoms with Gasteiger partial charge in [-0.05, 0) is 32.4 Å². The summed E-state index contributed by atoms with van der Waals surface area (Å²) in [6.45, 7) is 5.68. The van der Waals surface area contributed by atoms with E-state index in [1.807, 2.05) is 38.1 Å². The smallest absolute Gasteiger partial charge is 0.249 e. The number of aryl methyl sites for hydroxylation is 1. The first-order chi connectivity index (χ1) is 7.54. The molecule has 0 unspecified atom stereocenters. The summed E-state index contributed by atoms with van der Waals surface area (Å²) in [6.07, 6.45) is 0. The molecule has 0 amide bonds. The molecule has 1 atom stereocenters. The number of carbonyl (C=O) groups is 1. The first kappa shape index (κ1) is 11.2. The predicted molar refractivity (Wildman–Crippen MR) is 67.4 cm³/mol. The second kappa shape index (κ2) is 3.95. The molecule has 16 heavy (non-hydrogen) atoms. The monoisotopic (exact) mass is 235 g/mol. The van der Waals surface area contributed by atoms with Crippen LogP contribution in [0.2, 0.25) is 0 Å². The highest BCUT2D eigenvalue weighted by molar-refractivity contribution is 6.31. The Bertz CT molecular complexity index is 554. The number of fused-ring (bicyclic) bond motifs is 1. The number of hydrogen-bond donors (Lipinski definition) is 0. The lowest BCUT2D eigenvalue weighted by atomic mass is 10.2. The van der Waals surface area contributed by atoms with Crippen LogP contribution in [0.5, 0.6) is 0 Å². The van der Waals surface area contributed by atoms with Gasteiger partial charge in [0.05, 0.1) is 5.52 Å². The van der Waals surface area contributed by atoms with Gasteiger partial charge in [-0.25, -0.2) is 0 Å². The third kappa shape index (κ3) is 1.54. The normalized spacial score (nSPS) is 13.0. The Morgan fingerprint density at radius 2 is 1.94 bits per heavy atom. The number of para-hydroxylation sites is 1. The number of nitrogens with zero attached hydrogens (tertiary/aromatic N) is 1. The Kier molecular flexibility index (Phi) is 2.76. The van der Waals surface area contributed by atoms with Gasteiger partial charge in [0.1, 0.15) is 5.38 Å². The van der Waals surface area contributed by atoms with Crippen molar-refractivity contribution in [1.29, 1.82) is 0 Å². The quantitative estimate of drug-likeness (QED) is 0.694. The summed E-state index contributed by atoms with van der Waals surface area (Å²) in [5.41, 5.74) is 3.05. The number of benzene rings is 1. The van der Waals surface area contributed by atoms with Crippen molar-refractivity contribution >= 4 is 28.4 Å². The van der Waals surface area contributed by atoms with E-state index in [4.69, 9.17) is 11.6 Å². The fraction of sp³-hybridized carbons (Fsp3) is 0.308. The molecule has 1 aromatic carbocycles. The summed E-state index contributed by atoms with van der Waals surface area (Å²) in [6, 6.07) is 7.89. The van der Waals surface area contributed by atoms with E-state index >= 15 is 0 Å². The van der Waals surface area contributed by atoms with Crippen molar-refractivity contribution in [2.45, 2.75) is 26.1 Å². The molecule has 0 aliphatic heterocycles. The van der Waals surface area contributed by atoms with Crippen LogP contribution < -0.4 is 0 Å². The highest BCUT2D eigenvalue weighted by Crippen LogP contribution is 2.25. The van der Waals surface area contributed by atoms with E-state index in [2.05, 4.69) is 0 Å². The molecule has 1 heterocycles. The van der Waals surface area contributed by atoms with Crippen LogP contribution in [0.4, 0.5) is 0 Å². The van der Waals surface area contributed by atoms with E-state index in [9.17, 15) is 4.79 Å². The van der Waals surface area contributed by atoms with Crippen LogP contribution in [-0.2, 0) is 0 Å². The topological polar surface area (TPSA) is 22.0 Å². The number of halogens is 1. The average Bonchev–Trinajstić information content (AvgIpc) is 2.52. The molecule has 0 bridgehead atoms. The summed E-state index contributed by atoms with van der Waals surface area (Å²) < 4.78 is 1.71. The molecule has 0 aliphatic rings. The van der Waals surface area contributed by atoms with Crippen molar-refractivity contribution in [2.24, 2.45) is 0 Å². The Balaban J connectivity index is 2.79. The molecule has 84 valence electrons. The molecular formula is C13H14ClNO. The zero-order chi connectivity index (χ0) is 11.9. The van der Waals surface area contributed by atoms with Gasteiger partial charge in [0.15, 0.2) is 0 Å². The van der Waals surface area contributed by atoms with Gasteiger partial charge in [-0.15, -0.1) is 11.6 Å². The lowest BCUT2D eigenvalue weighted by Crippen LogP contribution is -2.20. The first-order valence-corrected chi connectivity index (χ1v) is 5.72. The lowest BCUT2D eigenvalue weighted by molar-refractivity contribution is 0.0916. The standard InChI is InChI=1S/C13H14ClNO/c1-8-10(3)15(13(16)9(2)14)12-7-5-4-6-11(8)12/h4-7,9H,1-3H3/t9-/m0/s1. The Morgan fingerprint density at radius 1 is 1.31 bits per heavy atom. The van der Waals surface area contributed by atoms with Crippen LogP contribution in [0, 0.1) is 13.8 Å². The minimum Gasteiger partial charge on any atom is -0.283 e. The second-order valence-electron chi connectivity index (χ2n) is 4.02. The number of carbonyl (C=O) groups excluding carboxylic acids is 1. The summed E-state index contributed by atoms with van der Waals surface area (Å²) in [5, 5.41) is 0.611. The van der Waals surface area contributed by atoms with Crippen molar-refractivity contribution < 1.29 is 4.79 Å². The fourth-order valence-corrected chi connectivity index (χ4v) is 2.09. The van der Waals surface area contributed by atoms with E-state index in [1.54, 1.807) is 11.5 Å². The van der Waals surface area contributed by atoms with Gasteiger partial charge in [0.25, 0.3) is 0 Å². The van der Waals surface area contributed by atoms with Crippen molar-refractivity contribution in [2.75, 3.05) is 0 Å². The third-order valence-corrected chi connectivity index (χ3v) is 3.17. The number of hydrogen-bond acceptors (Lipinski definition) is 1. The maximum absolute atomic E-state index is 12.0. The molecule has 0 fully saturated rings. The molecule has 0 spiro atoms. The van der Waals surface area contributed by atoms with Gasteiger partial charge in [0, 0.05) is 11.1 Å². The van der Waals surface area contributed by atoms with Crippen molar-refractivity contribution in [3.8, 4) is 0 Å². The largest absolute Gasteiger partial charge is 0.283 e. The Hall–Kier alpha value is -1.28. The zero-order valence-electron chi connectivity index (χ0n) is 9.62. The maximum atomic E-state index is 12.0. The van der Waals surface area contributed by atoms with E-state index in [0.29, 0.717) is 0 Å². The van der Waals surface area contributed by atoms with E-state index < -0.39 is 5.38 Å². The minimum atomic E-state index is -0.506. The third-order valence-electron chi connectivity index (χ3n) is 2.99. The fourth-order valence-electron chi connectivity index (χ4n) is 1.99. The lowest BCUT2D eigenvalue weighted by Gasteiger charge is -2.08. The molecule has 3 heteroatoms. The van der Waals surface area contributed by atoms with Crippen LogP contribution >= 0.6 is 11.6 Å². The molecule has 0 N–H and O–H groups in total. The first-order valence-electron chi connectivity index (χ1n) is 5.29. The van der Waals surface area contributed by atoms with Crippen LogP contribution in [0.1, 0.15) is 23.0 Å². The summed E-state index contributed by atoms with van der Waals surface area (Å²) >= 11 is 5.87. The van der Waals surface area contributed by atoms with Crippen molar-refractivity contribution in [3.05, 3.63) is 35.5 Å². The average molecular weight is 236 g/mol. The summed E-state index contributed by atoms with van der Waals surface area (Å²) in [5.74, 6) is -0.0662. The minimum absolute atomic E-state index is 0.0662. The highest BCUT2D eigenvalue weighted by Gasteiger charge is 2.18. The summed E-state index contributed by atoms with van der Waals surface area (Å²) in [4.78, 5) is 12.0. The molecular weight excluding hydrogens is 222 g/mol. The van der Waals surface area contributed by atoms with Gasteiger partial charge in [-0.2, -0.15) is 0 Å². The van der Waals surface area contributed by atoms with Gasteiger partial charge in [-0.1, -0.05) is 18.2 Å². The zero-order valence-corrected chi connectivity index (χ0v) is 10.4. The van der Waals surface area contributed by atoms with Crippen molar-refractivity contribution in [1.82, 2.24) is 4.57 Å². The van der Waals surface area contributed by atoms with Crippen LogP contribution in [0.25, 0.3) is 10.9 Å². The van der Waals surface area contributed by atoms with E-state index in [1.165, 1.54) is 0 Å². The van der Waals surface area contributed by atoms with Crippen LogP contribution in [-0.4, -0.2) is 15.9 Å². The SMILES string of the molecule is Cc1c(C)n(C(=O)[C@H](C)Cl)c2ccccc12. The summed E-state index contributed by atoms with van der Waals surface area (Å²) in [7, 11) is 0. The van der Waals surface area contributed by atoms with E-state index in [-0.39, 0.29) is 5.91 Å². The predicted octanol–water partition coefficient (Wildman–Crippen LogP) is 3.53. The van der Waals surface area contributed by atoms with Gasteiger partial charge < -0.3 is 0 Å². The molecule has 0 radical (unpaired) electrons. The Labute approximate surface area is 99.8 Å². The van der Waals surface area contributed by atoms with Gasteiger partial charge in [0.2, 0.25) is 5.91 Å². The van der Waals surface area contributed by atoms with Crippen molar-refractivity contribution in [3.63, 3.8) is 0 Å². The number of rotatable bonds is 1. The maximum Gasteiger partial charge on any atom is 0.249 e. The Morgan fingerprint density at radius 3 is 2.56 bits per heavy atom. The van der Waals surface area contributed by atoms with Crippen LogP contribution in [0.15, 0.2) is 24.3 Å². The molecule has 0 saturated carbocycles. The molecule has 1 aromatic heterocycles. The van der Waals surface area contributed by atoms with Gasteiger partial charge >= 0.3 is 0 Å². The molecule has 0 aliphatic carbocycles. The molecule has 2 rings (SSSR count). The molecule has 2 nitrogen and oxygen atoms in total.